The molecule has 15 heavy (non-hydrogen) atoms. The Labute approximate surface area is 94.4 Å². The third kappa shape index (κ3) is 3.08. The summed E-state index contributed by atoms with van der Waals surface area (Å²) >= 11 is 5.89. The number of nitrogens with one attached hydrogen (secondary N) is 1. The fourth-order valence-electron chi connectivity index (χ4n) is 1.35. The molecule has 1 rings (SSSR count). The molecule has 0 atom stereocenters. The zero-order chi connectivity index (χ0) is 11.3. The highest BCUT2D eigenvalue weighted by atomic mass is 35.5. The average molecular weight is 232 g/mol. The van der Waals surface area contributed by atoms with Crippen LogP contribution in [0.25, 0.3) is 0 Å². The third-order valence-corrected chi connectivity index (χ3v) is 2.49. The van der Waals surface area contributed by atoms with Gasteiger partial charge in [-0.3, -0.25) is 0 Å². The molecule has 4 heteroatoms. The number of benzene rings is 1. The molecular formula is C11H15ClFNO. The van der Waals surface area contributed by atoms with Crippen molar-refractivity contribution in [2.75, 3.05) is 20.2 Å². The first-order valence-corrected chi connectivity index (χ1v) is 5.32. The first-order valence-electron chi connectivity index (χ1n) is 4.95. The van der Waals surface area contributed by atoms with E-state index in [4.69, 9.17) is 16.3 Å². The lowest BCUT2D eigenvalue weighted by atomic mass is 10.1. The highest BCUT2D eigenvalue weighted by Gasteiger charge is 2.12. The third-order valence-electron chi connectivity index (χ3n) is 2.08. The molecule has 1 aromatic carbocycles. The molecule has 0 aliphatic heterocycles. The minimum absolute atomic E-state index is 0.163. The van der Waals surface area contributed by atoms with E-state index in [-0.39, 0.29) is 5.02 Å². The van der Waals surface area contributed by atoms with Crippen molar-refractivity contribution in [2.24, 2.45) is 0 Å². The second-order valence-electron chi connectivity index (χ2n) is 3.12. The van der Waals surface area contributed by atoms with Gasteiger partial charge in [0, 0.05) is 5.56 Å². The molecule has 1 N–H and O–H groups in total. The SMILES string of the molecule is CCOc1ccc(F)c(Cl)c1CCNC. The second-order valence-corrected chi connectivity index (χ2v) is 3.50. The predicted molar refractivity (Wildman–Crippen MR) is 60.2 cm³/mol. The van der Waals surface area contributed by atoms with Gasteiger partial charge in [0.25, 0.3) is 0 Å². The lowest BCUT2D eigenvalue weighted by Crippen LogP contribution is -2.12. The van der Waals surface area contributed by atoms with Crippen LogP contribution in [0.1, 0.15) is 12.5 Å². The average Bonchev–Trinajstić information content (AvgIpc) is 2.23. The summed E-state index contributed by atoms with van der Waals surface area (Å²) in [6.07, 6.45) is 0.655. The van der Waals surface area contributed by atoms with Gasteiger partial charge in [0.2, 0.25) is 0 Å². The molecule has 0 amide bonds. The molecule has 0 spiro atoms. The van der Waals surface area contributed by atoms with Gasteiger partial charge in [0.1, 0.15) is 11.6 Å². The summed E-state index contributed by atoms with van der Waals surface area (Å²) in [6, 6.07) is 2.95. The molecule has 0 fully saturated rings. The maximum atomic E-state index is 13.2. The lowest BCUT2D eigenvalue weighted by Gasteiger charge is -2.12. The Bertz CT molecular complexity index is 331. The van der Waals surface area contributed by atoms with Crippen molar-refractivity contribution < 1.29 is 9.13 Å². The Morgan fingerprint density at radius 3 is 2.80 bits per heavy atom. The largest absolute Gasteiger partial charge is 0.494 e. The standard InChI is InChI=1S/C11H15ClFNO/c1-3-15-10-5-4-9(13)11(12)8(10)6-7-14-2/h4-5,14H,3,6-7H2,1-2H3. The Balaban J connectivity index is 2.99. The van der Waals surface area contributed by atoms with Crippen LogP contribution in [0.15, 0.2) is 12.1 Å². The summed E-state index contributed by atoms with van der Waals surface area (Å²) in [7, 11) is 1.84. The monoisotopic (exact) mass is 231 g/mol. The molecule has 0 bridgehead atoms. The molecule has 0 heterocycles. The van der Waals surface area contributed by atoms with E-state index in [2.05, 4.69) is 5.32 Å². The number of likely N-dealkylation sites (N-methyl/N-ethyl adjacent to an activating group) is 1. The molecule has 0 aliphatic carbocycles. The van der Waals surface area contributed by atoms with Gasteiger partial charge in [-0.15, -0.1) is 0 Å². The smallest absolute Gasteiger partial charge is 0.142 e. The normalized spacial score (nSPS) is 10.4. The fourth-order valence-corrected chi connectivity index (χ4v) is 1.60. The summed E-state index contributed by atoms with van der Waals surface area (Å²) in [6.45, 7) is 3.18. The minimum Gasteiger partial charge on any atom is -0.494 e. The van der Waals surface area contributed by atoms with Gasteiger partial charge in [0.15, 0.2) is 0 Å². The van der Waals surface area contributed by atoms with E-state index in [1.54, 1.807) is 6.07 Å². The molecule has 0 aromatic heterocycles. The van der Waals surface area contributed by atoms with Gasteiger partial charge in [-0.2, -0.15) is 0 Å². The fraction of sp³-hybridized carbons (Fsp3) is 0.455. The van der Waals surface area contributed by atoms with Gasteiger partial charge in [-0.25, -0.2) is 4.39 Å². The number of halogens is 2. The number of hydrogen-bond donors (Lipinski definition) is 1. The Morgan fingerprint density at radius 1 is 1.47 bits per heavy atom. The highest BCUT2D eigenvalue weighted by Crippen LogP contribution is 2.29. The van der Waals surface area contributed by atoms with Crippen LogP contribution in [0.3, 0.4) is 0 Å². The van der Waals surface area contributed by atoms with Crippen molar-refractivity contribution in [1.82, 2.24) is 5.32 Å². The molecule has 0 saturated heterocycles. The van der Waals surface area contributed by atoms with E-state index in [0.717, 1.165) is 12.1 Å². The summed E-state index contributed by atoms with van der Waals surface area (Å²) in [5, 5.41) is 3.16. The van der Waals surface area contributed by atoms with Crippen LogP contribution in [0.4, 0.5) is 4.39 Å². The van der Waals surface area contributed by atoms with Crippen molar-refractivity contribution in [1.29, 1.82) is 0 Å². The van der Waals surface area contributed by atoms with Crippen LogP contribution in [0, 0.1) is 5.82 Å². The molecular weight excluding hydrogens is 217 g/mol. The maximum Gasteiger partial charge on any atom is 0.142 e. The van der Waals surface area contributed by atoms with Crippen molar-refractivity contribution in [2.45, 2.75) is 13.3 Å². The van der Waals surface area contributed by atoms with Crippen molar-refractivity contribution in [3.05, 3.63) is 28.5 Å². The van der Waals surface area contributed by atoms with E-state index >= 15 is 0 Å². The molecule has 84 valence electrons. The van der Waals surface area contributed by atoms with Gasteiger partial charge in [-0.05, 0) is 39.1 Å². The molecule has 0 radical (unpaired) electrons. The van der Waals surface area contributed by atoms with Crippen molar-refractivity contribution >= 4 is 11.6 Å². The summed E-state index contributed by atoms with van der Waals surface area (Å²) < 4.78 is 18.6. The van der Waals surface area contributed by atoms with E-state index in [1.807, 2.05) is 14.0 Å². The highest BCUT2D eigenvalue weighted by molar-refractivity contribution is 6.31. The van der Waals surface area contributed by atoms with Crippen molar-refractivity contribution in [3.8, 4) is 5.75 Å². The minimum atomic E-state index is -0.397. The second kappa shape index (κ2) is 5.93. The van der Waals surface area contributed by atoms with E-state index in [0.29, 0.717) is 18.8 Å². The Morgan fingerprint density at radius 2 is 2.20 bits per heavy atom. The van der Waals surface area contributed by atoms with Crippen LogP contribution < -0.4 is 10.1 Å². The topological polar surface area (TPSA) is 21.3 Å². The van der Waals surface area contributed by atoms with Gasteiger partial charge in [-0.1, -0.05) is 11.6 Å². The summed E-state index contributed by atoms with van der Waals surface area (Å²) in [5.74, 6) is 0.269. The van der Waals surface area contributed by atoms with E-state index < -0.39 is 5.82 Å². The van der Waals surface area contributed by atoms with Crippen LogP contribution in [-0.2, 0) is 6.42 Å². The van der Waals surface area contributed by atoms with Crippen LogP contribution in [0.5, 0.6) is 5.75 Å². The van der Waals surface area contributed by atoms with E-state index in [9.17, 15) is 4.39 Å². The van der Waals surface area contributed by atoms with Gasteiger partial charge >= 0.3 is 0 Å². The van der Waals surface area contributed by atoms with Gasteiger partial charge < -0.3 is 10.1 Å². The van der Waals surface area contributed by atoms with Gasteiger partial charge in [0.05, 0.1) is 11.6 Å². The van der Waals surface area contributed by atoms with Crippen LogP contribution in [-0.4, -0.2) is 20.2 Å². The molecule has 2 nitrogen and oxygen atoms in total. The lowest BCUT2D eigenvalue weighted by molar-refractivity contribution is 0.335. The number of ether oxygens (including phenoxy) is 1. The first-order chi connectivity index (χ1) is 7.20. The molecule has 0 saturated carbocycles. The zero-order valence-electron chi connectivity index (χ0n) is 8.94. The maximum absolute atomic E-state index is 13.2. The molecule has 0 unspecified atom stereocenters. The van der Waals surface area contributed by atoms with Crippen molar-refractivity contribution in [3.63, 3.8) is 0 Å². The Kier molecular flexibility index (Phi) is 4.85. The zero-order valence-corrected chi connectivity index (χ0v) is 9.70. The molecule has 1 aromatic rings. The first kappa shape index (κ1) is 12.3. The molecule has 0 aliphatic rings. The predicted octanol–water partition coefficient (Wildman–Crippen LogP) is 2.64. The van der Waals surface area contributed by atoms with Crippen LogP contribution >= 0.6 is 11.6 Å². The number of hydrogen-bond acceptors (Lipinski definition) is 2. The number of rotatable bonds is 5. The quantitative estimate of drug-likeness (QED) is 0.841. The summed E-state index contributed by atoms with van der Waals surface area (Å²) in [5.41, 5.74) is 0.730. The Hall–Kier alpha value is -0.800. The van der Waals surface area contributed by atoms with Crippen LogP contribution in [0.2, 0.25) is 5.02 Å². The van der Waals surface area contributed by atoms with E-state index in [1.165, 1.54) is 6.07 Å². The summed E-state index contributed by atoms with van der Waals surface area (Å²) in [4.78, 5) is 0.